The summed E-state index contributed by atoms with van der Waals surface area (Å²) in [5, 5.41) is 18.4. The first-order valence-corrected chi connectivity index (χ1v) is 9.68. The van der Waals surface area contributed by atoms with Gasteiger partial charge in [0.1, 0.15) is 12.1 Å². The van der Waals surface area contributed by atoms with E-state index in [9.17, 15) is 10.5 Å². The van der Waals surface area contributed by atoms with Crippen LogP contribution in [0.2, 0.25) is 0 Å². The molecule has 0 N–H and O–H groups in total. The second-order valence-electron chi connectivity index (χ2n) is 5.48. The summed E-state index contributed by atoms with van der Waals surface area (Å²) in [5.74, 6) is 0. The zero-order valence-electron chi connectivity index (χ0n) is 12.2. The molecule has 0 radical (unpaired) electrons. The third-order valence-electron chi connectivity index (χ3n) is 3.75. The summed E-state index contributed by atoms with van der Waals surface area (Å²) in [6.07, 6.45) is 0. The first-order chi connectivity index (χ1) is 10.7. The zero-order valence-corrected chi connectivity index (χ0v) is 18.6. The number of nitrogens with zero attached hydrogens (tertiary/aromatic N) is 2. The molecule has 2 nitrogen and oxygen atoms in total. The Hall–Kier alpha value is -0.660. The van der Waals surface area contributed by atoms with Gasteiger partial charge >= 0.3 is 0 Å². The maximum Gasteiger partial charge on any atom is 0.102 e. The number of hydrogen-bond donors (Lipinski definition) is 0. The maximum atomic E-state index is 9.19. The SMILES string of the molecule is CC(C)(c1cc(Br)c(C#N)c(Br)c1)c1cc(Br)c(C#N)c(Br)c1. The van der Waals surface area contributed by atoms with E-state index in [-0.39, 0.29) is 5.41 Å². The predicted octanol–water partition coefficient (Wildman–Crippen LogP) is 6.81. The molecule has 0 aliphatic rings. The molecule has 0 amide bonds. The highest BCUT2D eigenvalue weighted by Gasteiger charge is 2.26. The Balaban J connectivity index is 2.64. The van der Waals surface area contributed by atoms with E-state index in [2.05, 4.69) is 89.7 Å². The van der Waals surface area contributed by atoms with E-state index in [0.29, 0.717) is 11.1 Å². The summed E-state index contributed by atoms with van der Waals surface area (Å²) in [7, 11) is 0. The lowest BCUT2D eigenvalue weighted by molar-refractivity contribution is 0.638. The number of hydrogen-bond acceptors (Lipinski definition) is 2. The highest BCUT2D eigenvalue weighted by Crippen LogP contribution is 2.39. The predicted molar refractivity (Wildman–Crippen MR) is 105 cm³/mol. The van der Waals surface area contributed by atoms with E-state index in [1.54, 1.807) is 0 Å². The van der Waals surface area contributed by atoms with E-state index in [4.69, 9.17) is 0 Å². The van der Waals surface area contributed by atoms with Crippen LogP contribution in [0, 0.1) is 22.7 Å². The van der Waals surface area contributed by atoms with Crippen molar-refractivity contribution in [1.82, 2.24) is 0 Å². The number of nitriles is 2. The summed E-state index contributed by atoms with van der Waals surface area (Å²) >= 11 is 13.8. The van der Waals surface area contributed by atoms with E-state index >= 15 is 0 Å². The van der Waals surface area contributed by atoms with Gasteiger partial charge in [-0.15, -0.1) is 0 Å². The molecule has 0 atom stereocenters. The summed E-state index contributed by atoms with van der Waals surface area (Å²) in [5.41, 5.74) is 2.95. The fourth-order valence-electron chi connectivity index (χ4n) is 2.25. The summed E-state index contributed by atoms with van der Waals surface area (Å²) < 4.78 is 3.02. The van der Waals surface area contributed by atoms with Gasteiger partial charge in [0.25, 0.3) is 0 Å². The van der Waals surface area contributed by atoms with Gasteiger partial charge in [-0.25, -0.2) is 0 Å². The van der Waals surface area contributed by atoms with Gasteiger partial charge in [-0.1, -0.05) is 13.8 Å². The molecule has 23 heavy (non-hydrogen) atoms. The normalized spacial score (nSPS) is 11.0. The van der Waals surface area contributed by atoms with E-state index in [1.165, 1.54) is 0 Å². The van der Waals surface area contributed by atoms with Crippen LogP contribution in [0.3, 0.4) is 0 Å². The monoisotopic (exact) mass is 558 g/mol. The smallest absolute Gasteiger partial charge is 0.102 e. The van der Waals surface area contributed by atoms with Gasteiger partial charge < -0.3 is 0 Å². The molecule has 0 spiro atoms. The number of rotatable bonds is 2. The van der Waals surface area contributed by atoms with Crippen molar-refractivity contribution in [1.29, 1.82) is 10.5 Å². The molecular weight excluding hydrogens is 552 g/mol. The lowest BCUT2D eigenvalue weighted by Crippen LogP contribution is -2.19. The van der Waals surface area contributed by atoms with Crippen molar-refractivity contribution in [3.63, 3.8) is 0 Å². The average molecular weight is 562 g/mol. The Labute approximate surface area is 169 Å². The van der Waals surface area contributed by atoms with Crippen molar-refractivity contribution >= 4 is 63.7 Å². The Morgan fingerprint density at radius 1 is 0.696 bits per heavy atom. The average Bonchev–Trinajstić information content (AvgIpc) is 2.46. The molecule has 0 saturated heterocycles. The van der Waals surface area contributed by atoms with Gasteiger partial charge in [0.05, 0.1) is 11.1 Å². The van der Waals surface area contributed by atoms with Crippen LogP contribution in [0.25, 0.3) is 0 Å². The van der Waals surface area contributed by atoms with Gasteiger partial charge in [0.15, 0.2) is 0 Å². The third kappa shape index (κ3) is 3.56. The van der Waals surface area contributed by atoms with E-state index < -0.39 is 0 Å². The van der Waals surface area contributed by atoms with Gasteiger partial charge in [-0.05, 0) is 99.1 Å². The molecule has 0 heterocycles. The van der Waals surface area contributed by atoms with Gasteiger partial charge in [0.2, 0.25) is 0 Å². The molecule has 6 heteroatoms. The zero-order chi connectivity index (χ0) is 17.4. The van der Waals surface area contributed by atoms with Gasteiger partial charge in [-0.3, -0.25) is 0 Å². The first-order valence-electron chi connectivity index (χ1n) is 6.51. The topological polar surface area (TPSA) is 47.6 Å². The number of benzene rings is 2. The van der Waals surface area contributed by atoms with Crippen molar-refractivity contribution in [3.05, 3.63) is 64.4 Å². The van der Waals surface area contributed by atoms with Gasteiger partial charge in [-0.2, -0.15) is 10.5 Å². The molecule has 2 aromatic carbocycles. The summed E-state index contributed by atoms with van der Waals surface area (Å²) in [6, 6.07) is 12.2. The maximum absolute atomic E-state index is 9.19. The molecule has 2 rings (SSSR count). The Kier molecular flexibility index (Phi) is 5.74. The summed E-state index contributed by atoms with van der Waals surface area (Å²) in [6.45, 7) is 4.21. The van der Waals surface area contributed by atoms with Gasteiger partial charge in [0, 0.05) is 23.3 Å². The standard InChI is InChI=1S/C17H10Br4N2/c1-17(2,9-3-13(18)11(7-22)14(19)4-9)10-5-15(20)12(8-23)16(21)6-10/h3-6H,1-2H3. The van der Waals surface area contributed by atoms with Crippen LogP contribution in [0.15, 0.2) is 42.2 Å². The van der Waals surface area contributed by atoms with Crippen molar-refractivity contribution in [2.24, 2.45) is 0 Å². The number of halogens is 4. The minimum Gasteiger partial charge on any atom is -0.192 e. The third-order valence-corrected chi connectivity index (χ3v) is 6.25. The first kappa shape index (κ1) is 18.7. The largest absolute Gasteiger partial charge is 0.192 e. The van der Waals surface area contributed by atoms with Crippen LogP contribution in [0.4, 0.5) is 0 Å². The minimum atomic E-state index is -0.307. The Bertz CT molecular complexity index is 756. The lowest BCUT2D eigenvalue weighted by atomic mass is 9.78. The fraction of sp³-hybridized carbons (Fsp3) is 0.176. The minimum absolute atomic E-state index is 0.307. The molecule has 0 aromatic heterocycles. The van der Waals surface area contributed by atoms with Crippen LogP contribution in [-0.4, -0.2) is 0 Å². The molecule has 0 unspecified atom stereocenters. The summed E-state index contributed by atoms with van der Waals surface area (Å²) in [4.78, 5) is 0. The van der Waals surface area contributed by atoms with Crippen molar-refractivity contribution in [2.45, 2.75) is 19.3 Å². The van der Waals surface area contributed by atoms with Crippen molar-refractivity contribution in [2.75, 3.05) is 0 Å². The molecule has 116 valence electrons. The van der Waals surface area contributed by atoms with Crippen molar-refractivity contribution < 1.29 is 0 Å². The second kappa shape index (κ2) is 7.07. The lowest BCUT2D eigenvalue weighted by Gasteiger charge is -2.27. The Morgan fingerprint density at radius 3 is 1.17 bits per heavy atom. The molecular formula is C17H10Br4N2. The Morgan fingerprint density at radius 2 is 0.957 bits per heavy atom. The molecule has 2 aromatic rings. The van der Waals surface area contributed by atoms with Crippen LogP contribution in [-0.2, 0) is 5.41 Å². The van der Waals surface area contributed by atoms with E-state index in [1.807, 2.05) is 24.3 Å². The molecule has 0 saturated carbocycles. The highest BCUT2D eigenvalue weighted by atomic mass is 79.9. The highest BCUT2D eigenvalue weighted by molar-refractivity contribution is 9.11. The van der Waals surface area contributed by atoms with Crippen molar-refractivity contribution in [3.8, 4) is 12.1 Å². The molecule has 0 fully saturated rings. The van der Waals surface area contributed by atoms with Crippen LogP contribution < -0.4 is 0 Å². The fourth-order valence-corrected chi connectivity index (χ4v) is 4.98. The molecule has 0 aliphatic carbocycles. The molecule has 0 bridgehead atoms. The molecule has 0 aliphatic heterocycles. The van der Waals surface area contributed by atoms with E-state index in [0.717, 1.165) is 29.0 Å². The van der Waals surface area contributed by atoms with Crippen LogP contribution >= 0.6 is 63.7 Å². The van der Waals surface area contributed by atoms with Crippen LogP contribution in [0.5, 0.6) is 0 Å². The second-order valence-corrected chi connectivity index (χ2v) is 8.90. The van der Waals surface area contributed by atoms with Crippen LogP contribution in [0.1, 0.15) is 36.1 Å². The quantitative estimate of drug-likeness (QED) is 0.405.